The Labute approximate surface area is 127 Å². The van der Waals surface area contributed by atoms with Crippen LogP contribution in [0.25, 0.3) is 0 Å². The molecule has 22 heavy (non-hydrogen) atoms. The molecule has 6 nitrogen and oxygen atoms in total. The lowest BCUT2D eigenvalue weighted by Gasteiger charge is -2.27. The Morgan fingerprint density at radius 2 is 2.23 bits per heavy atom. The number of nitrogens with zero attached hydrogens (tertiary/aromatic N) is 2. The number of amides is 1. The van der Waals surface area contributed by atoms with Gasteiger partial charge in [-0.05, 0) is 24.6 Å². The lowest BCUT2D eigenvalue weighted by Crippen LogP contribution is -2.39. The van der Waals surface area contributed by atoms with Crippen LogP contribution in [0.1, 0.15) is 18.5 Å². The number of pyridine rings is 1. The number of likely N-dealkylation sites (tertiary alicyclic amines) is 1. The number of ether oxygens (including phenoxy) is 1. The van der Waals surface area contributed by atoms with E-state index in [1.54, 1.807) is 23.4 Å². The van der Waals surface area contributed by atoms with Crippen molar-refractivity contribution in [3.8, 4) is 0 Å². The Kier molecular flexibility index (Phi) is 2.69. The van der Waals surface area contributed by atoms with Gasteiger partial charge < -0.3 is 14.7 Å². The number of rotatable bonds is 3. The number of carboxylic acids is 1. The van der Waals surface area contributed by atoms with Crippen LogP contribution < -0.4 is 0 Å². The highest BCUT2D eigenvalue weighted by atomic mass is 16.5. The van der Waals surface area contributed by atoms with Crippen LogP contribution in [0.15, 0.2) is 36.7 Å². The smallest absolute Gasteiger partial charge is 0.310 e. The largest absolute Gasteiger partial charge is 0.481 e. The number of carboxylic acid groups (broad SMARTS) is 1. The molecule has 1 amide bonds. The van der Waals surface area contributed by atoms with Crippen LogP contribution in [-0.4, -0.2) is 45.1 Å². The van der Waals surface area contributed by atoms with Crippen molar-refractivity contribution in [1.29, 1.82) is 0 Å². The molecule has 0 radical (unpaired) electrons. The summed E-state index contributed by atoms with van der Waals surface area (Å²) in [4.78, 5) is 30.1. The molecule has 0 aromatic carbocycles. The quantitative estimate of drug-likeness (QED) is 0.843. The van der Waals surface area contributed by atoms with E-state index >= 15 is 0 Å². The third-order valence-electron chi connectivity index (χ3n) is 5.07. The maximum absolute atomic E-state index is 12.8. The molecule has 2 bridgehead atoms. The zero-order valence-electron chi connectivity index (χ0n) is 12.0. The topological polar surface area (TPSA) is 79.7 Å². The minimum atomic E-state index is -0.965. The summed E-state index contributed by atoms with van der Waals surface area (Å²) in [5, 5.41) is 9.45. The lowest BCUT2D eigenvalue weighted by atomic mass is 9.77. The van der Waals surface area contributed by atoms with E-state index in [0.29, 0.717) is 6.54 Å². The first kappa shape index (κ1) is 13.5. The highest BCUT2D eigenvalue weighted by Crippen LogP contribution is 2.53. The predicted molar refractivity (Wildman–Crippen MR) is 75.7 cm³/mol. The summed E-state index contributed by atoms with van der Waals surface area (Å²) in [6, 6.07) is 3.60. The van der Waals surface area contributed by atoms with Crippen LogP contribution in [-0.2, 0) is 14.3 Å². The van der Waals surface area contributed by atoms with Crippen LogP contribution in [0.3, 0.4) is 0 Å². The minimum Gasteiger partial charge on any atom is -0.481 e. The van der Waals surface area contributed by atoms with Gasteiger partial charge in [-0.2, -0.15) is 0 Å². The van der Waals surface area contributed by atoms with Crippen molar-refractivity contribution < 1.29 is 19.4 Å². The molecule has 4 heterocycles. The molecule has 0 unspecified atom stereocenters. The monoisotopic (exact) mass is 300 g/mol. The number of fused-ring (bicyclic) bond motifs is 1. The van der Waals surface area contributed by atoms with E-state index in [9.17, 15) is 14.7 Å². The number of hydrogen-bond acceptors (Lipinski definition) is 4. The normalized spacial score (nSPS) is 36.7. The van der Waals surface area contributed by atoms with Gasteiger partial charge in [-0.1, -0.05) is 12.2 Å². The molecular formula is C16H16N2O4. The molecule has 114 valence electrons. The molecule has 6 heteroatoms. The minimum absolute atomic E-state index is 0.136. The second kappa shape index (κ2) is 4.39. The van der Waals surface area contributed by atoms with Crippen molar-refractivity contribution >= 4 is 11.9 Å². The number of aromatic nitrogens is 1. The first-order chi connectivity index (χ1) is 10.5. The molecule has 4 rings (SSSR count). The van der Waals surface area contributed by atoms with Gasteiger partial charge in [0.2, 0.25) is 5.91 Å². The van der Waals surface area contributed by atoms with E-state index in [-0.39, 0.29) is 11.9 Å². The van der Waals surface area contributed by atoms with Crippen molar-refractivity contribution in [2.75, 3.05) is 6.54 Å². The average Bonchev–Trinajstić information content (AvgIpc) is 3.15. The zero-order valence-corrected chi connectivity index (χ0v) is 12.0. The summed E-state index contributed by atoms with van der Waals surface area (Å²) in [5.74, 6) is -2.51. The maximum Gasteiger partial charge on any atom is 0.310 e. The molecule has 2 fully saturated rings. The molecule has 1 aromatic rings. The average molecular weight is 300 g/mol. The second-order valence-corrected chi connectivity index (χ2v) is 6.16. The third kappa shape index (κ3) is 1.61. The van der Waals surface area contributed by atoms with Crippen molar-refractivity contribution in [1.82, 2.24) is 9.88 Å². The Morgan fingerprint density at radius 3 is 2.91 bits per heavy atom. The number of hydrogen-bond donors (Lipinski definition) is 1. The van der Waals surface area contributed by atoms with Gasteiger partial charge in [0.1, 0.15) is 11.5 Å². The number of aliphatic carboxylic acids is 1. The molecule has 3 aliphatic heterocycles. The number of carbonyl (C=O) groups excluding carboxylic acids is 1. The van der Waals surface area contributed by atoms with Gasteiger partial charge in [0.25, 0.3) is 0 Å². The molecule has 3 aliphatic rings. The molecule has 2 saturated heterocycles. The Hall–Kier alpha value is -2.21. The van der Waals surface area contributed by atoms with Gasteiger partial charge in [0.05, 0.1) is 24.6 Å². The fourth-order valence-electron chi connectivity index (χ4n) is 3.96. The lowest BCUT2D eigenvalue weighted by molar-refractivity contribution is -0.148. The highest BCUT2D eigenvalue weighted by Gasteiger charge is 2.67. The van der Waals surface area contributed by atoms with Crippen molar-refractivity contribution in [2.24, 2.45) is 11.8 Å². The molecule has 1 spiro atoms. The van der Waals surface area contributed by atoms with E-state index in [1.165, 1.54) is 0 Å². The van der Waals surface area contributed by atoms with Crippen molar-refractivity contribution in [3.63, 3.8) is 0 Å². The van der Waals surface area contributed by atoms with Crippen LogP contribution in [0, 0.1) is 11.8 Å². The second-order valence-electron chi connectivity index (χ2n) is 6.16. The Bertz CT molecular complexity index is 674. The molecule has 5 atom stereocenters. The third-order valence-corrected chi connectivity index (χ3v) is 5.07. The van der Waals surface area contributed by atoms with Gasteiger partial charge >= 0.3 is 5.97 Å². The highest BCUT2D eigenvalue weighted by molar-refractivity contribution is 5.91. The fourth-order valence-corrected chi connectivity index (χ4v) is 3.96. The molecule has 0 aliphatic carbocycles. The zero-order chi connectivity index (χ0) is 15.5. The number of carbonyl (C=O) groups is 2. The van der Waals surface area contributed by atoms with Crippen LogP contribution in [0.2, 0.25) is 0 Å². The SMILES string of the molecule is C[C@@H](c1ccncc1)N1C[C@]23C=C[C@@H](O2)[C@H](C(=O)O)[C@@H]3C1=O. The molecule has 1 N–H and O–H groups in total. The molecular weight excluding hydrogens is 284 g/mol. The van der Waals surface area contributed by atoms with Crippen molar-refractivity contribution in [2.45, 2.75) is 24.7 Å². The maximum atomic E-state index is 12.8. The van der Waals surface area contributed by atoms with Crippen LogP contribution >= 0.6 is 0 Å². The van der Waals surface area contributed by atoms with Gasteiger partial charge in [0.15, 0.2) is 0 Å². The predicted octanol–water partition coefficient (Wildman–Crippen LogP) is 1.01. The van der Waals surface area contributed by atoms with Gasteiger partial charge in [-0.25, -0.2) is 0 Å². The fraction of sp³-hybridized carbons (Fsp3) is 0.438. The summed E-state index contributed by atoms with van der Waals surface area (Å²) < 4.78 is 5.88. The summed E-state index contributed by atoms with van der Waals surface area (Å²) in [6.45, 7) is 2.34. The van der Waals surface area contributed by atoms with E-state index in [0.717, 1.165) is 5.56 Å². The van der Waals surface area contributed by atoms with Gasteiger partial charge in [0, 0.05) is 12.4 Å². The first-order valence-corrected chi connectivity index (χ1v) is 7.34. The molecule has 1 aromatic heterocycles. The summed E-state index contributed by atoms with van der Waals surface area (Å²) >= 11 is 0. The van der Waals surface area contributed by atoms with E-state index < -0.39 is 29.5 Å². The molecule has 0 saturated carbocycles. The van der Waals surface area contributed by atoms with Gasteiger partial charge in [-0.3, -0.25) is 14.6 Å². The summed E-state index contributed by atoms with van der Waals surface area (Å²) in [6.07, 6.45) is 6.55. The summed E-state index contributed by atoms with van der Waals surface area (Å²) in [5.41, 5.74) is 0.205. The van der Waals surface area contributed by atoms with Crippen LogP contribution in [0.5, 0.6) is 0 Å². The first-order valence-electron chi connectivity index (χ1n) is 7.34. The summed E-state index contributed by atoms with van der Waals surface area (Å²) in [7, 11) is 0. The van der Waals surface area contributed by atoms with Crippen LogP contribution in [0.4, 0.5) is 0 Å². The standard InChI is InChI=1S/C16H16N2O4/c1-9(10-3-6-17-7-4-10)18-8-16-5-2-11(22-16)12(15(20)21)13(16)14(18)19/h2-7,9,11-13H,8H2,1H3,(H,20,21)/t9-,11+,12-,13+,16-/m0/s1. The Balaban J connectivity index is 1.68. The van der Waals surface area contributed by atoms with E-state index in [4.69, 9.17) is 4.74 Å². The van der Waals surface area contributed by atoms with E-state index in [1.807, 2.05) is 25.1 Å². The van der Waals surface area contributed by atoms with E-state index in [2.05, 4.69) is 4.98 Å². The van der Waals surface area contributed by atoms with Crippen molar-refractivity contribution in [3.05, 3.63) is 42.2 Å². The van der Waals surface area contributed by atoms with Gasteiger partial charge in [-0.15, -0.1) is 0 Å². The Morgan fingerprint density at radius 1 is 1.50 bits per heavy atom.